The maximum atomic E-state index is 12.5. The van der Waals surface area contributed by atoms with Crippen molar-refractivity contribution in [1.29, 1.82) is 0 Å². The van der Waals surface area contributed by atoms with E-state index in [4.69, 9.17) is 9.47 Å². The summed E-state index contributed by atoms with van der Waals surface area (Å²) in [6.45, 7) is 5.67. The molecule has 0 aliphatic carbocycles. The summed E-state index contributed by atoms with van der Waals surface area (Å²) >= 11 is 0. The lowest BCUT2D eigenvalue weighted by molar-refractivity contribution is -0.903. The minimum absolute atomic E-state index is 0.214. The highest BCUT2D eigenvalue weighted by atomic mass is 16.7. The van der Waals surface area contributed by atoms with Gasteiger partial charge in [0.2, 0.25) is 6.29 Å². The Balaban J connectivity index is 1.66. The second-order valence-corrected chi connectivity index (χ2v) is 10.8. The van der Waals surface area contributed by atoms with E-state index < -0.39 is 6.29 Å². The Hall–Kier alpha value is -2.33. The number of carbonyl (C=O) groups excluding carboxylic acids is 1. The van der Waals surface area contributed by atoms with E-state index in [0.717, 1.165) is 29.7 Å². The van der Waals surface area contributed by atoms with Crippen molar-refractivity contribution in [2.24, 2.45) is 0 Å². The summed E-state index contributed by atoms with van der Waals surface area (Å²) in [5.74, 6) is 0.614. The fourth-order valence-electron chi connectivity index (χ4n) is 4.63. The van der Waals surface area contributed by atoms with E-state index in [-0.39, 0.29) is 5.97 Å². The maximum Gasteiger partial charge on any atom is 0.314 e. The van der Waals surface area contributed by atoms with Crippen LogP contribution in [0.15, 0.2) is 54.6 Å². The molecule has 0 aliphatic rings. The van der Waals surface area contributed by atoms with Gasteiger partial charge in [-0.1, -0.05) is 113 Å². The number of unbranched alkanes of at least 4 members (excludes halogenated alkanes) is 9. The van der Waals surface area contributed by atoms with Crippen LogP contribution in [0.3, 0.4) is 0 Å². The molecule has 36 heavy (non-hydrogen) atoms. The summed E-state index contributed by atoms with van der Waals surface area (Å²) in [7, 11) is 4.29. The van der Waals surface area contributed by atoms with Crippen molar-refractivity contribution >= 4 is 5.97 Å². The van der Waals surface area contributed by atoms with Crippen molar-refractivity contribution in [3.63, 3.8) is 0 Å². The van der Waals surface area contributed by atoms with Gasteiger partial charge in [-0.15, -0.1) is 0 Å². The summed E-state index contributed by atoms with van der Waals surface area (Å²) in [4.78, 5) is 12.5. The number of quaternary nitrogens is 1. The third-order valence-corrected chi connectivity index (χ3v) is 6.74. The fourth-order valence-corrected chi connectivity index (χ4v) is 4.63. The maximum absolute atomic E-state index is 12.5. The zero-order chi connectivity index (χ0) is 26.1. The lowest BCUT2D eigenvalue weighted by Gasteiger charge is -2.29. The van der Waals surface area contributed by atoms with Crippen molar-refractivity contribution in [1.82, 2.24) is 0 Å². The lowest BCUT2D eigenvalue weighted by Crippen LogP contribution is -2.40. The molecular formula is C32H50NO3+. The van der Waals surface area contributed by atoms with Gasteiger partial charge in [-0.25, -0.2) is 0 Å². The number of esters is 1. The van der Waals surface area contributed by atoms with Gasteiger partial charge in [0.25, 0.3) is 0 Å². The van der Waals surface area contributed by atoms with Crippen molar-refractivity contribution in [2.75, 3.05) is 20.6 Å². The highest BCUT2D eigenvalue weighted by Crippen LogP contribution is 2.23. The van der Waals surface area contributed by atoms with Gasteiger partial charge in [-0.3, -0.25) is 4.79 Å². The van der Waals surface area contributed by atoms with Crippen molar-refractivity contribution in [2.45, 2.75) is 104 Å². The molecule has 4 nitrogen and oxygen atoms in total. The topological polar surface area (TPSA) is 35.5 Å². The lowest BCUT2D eigenvalue weighted by atomic mass is 10.0. The van der Waals surface area contributed by atoms with Gasteiger partial charge in [-0.05, 0) is 24.5 Å². The third kappa shape index (κ3) is 13.1. The number of nitrogens with zero attached hydrogens (tertiary/aromatic N) is 1. The van der Waals surface area contributed by atoms with Crippen LogP contribution in [0, 0.1) is 0 Å². The molecule has 2 aromatic rings. The first-order valence-electron chi connectivity index (χ1n) is 14.2. The number of aryl methyl sites for hydroxylation is 1. The van der Waals surface area contributed by atoms with Crippen LogP contribution in [0.1, 0.15) is 95.6 Å². The molecule has 0 aromatic heterocycles. The van der Waals surface area contributed by atoms with Gasteiger partial charge in [-0.2, -0.15) is 0 Å². The summed E-state index contributed by atoms with van der Waals surface area (Å²) in [5.41, 5.74) is 2.47. The number of para-hydroxylation sites is 1. The Bertz CT molecular complexity index is 849. The van der Waals surface area contributed by atoms with Crippen LogP contribution in [-0.2, 0) is 22.5 Å². The standard InChI is InChI=1S/C32H50NO3/c1-5-6-7-8-9-10-11-12-13-17-22-30-23-18-19-24-31(30)35-28(2)36-32(34)25-26-33(3,4)27-29-20-15-14-16-21-29/h14-16,18-21,23-24,28H,5-13,17,22,25-27H2,1-4H3/q+1. The fraction of sp³-hybridized carbons (Fsp3) is 0.594. The molecule has 0 bridgehead atoms. The molecule has 0 heterocycles. The van der Waals surface area contributed by atoms with Crippen LogP contribution in [0.25, 0.3) is 0 Å². The van der Waals surface area contributed by atoms with Gasteiger partial charge < -0.3 is 14.0 Å². The number of ether oxygens (including phenoxy) is 2. The molecule has 1 atom stereocenters. The van der Waals surface area contributed by atoms with E-state index in [0.29, 0.717) is 6.42 Å². The Kier molecular flexibility index (Phi) is 14.3. The van der Waals surface area contributed by atoms with Crippen LogP contribution < -0.4 is 4.74 Å². The van der Waals surface area contributed by atoms with Crippen LogP contribution in [-0.4, -0.2) is 37.4 Å². The van der Waals surface area contributed by atoms with E-state index in [2.05, 4.69) is 57.4 Å². The summed E-state index contributed by atoms with van der Waals surface area (Å²) < 4.78 is 12.4. The Morgan fingerprint density at radius 2 is 1.39 bits per heavy atom. The highest BCUT2D eigenvalue weighted by Gasteiger charge is 2.20. The zero-order valence-corrected chi connectivity index (χ0v) is 23.3. The summed E-state index contributed by atoms with van der Waals surface area (Å²) in [6.07, 6.45) is 14.1. The van der Waals surface area contributed by atoms with Gasteiger partial charge >= 0.3 is 5.97 Å². The summed E-state index contributed by atoms with van der Waals surface area (Å²) in [6, 6.07) is 18.5. The van der Waals surface area contributed by atoms with Crippen molar-refractivity contribution in [3.05, 3.63) is 65.7 Å². The molecule has 0 radical (unpaired) electrons. The minimum atomic E-state index is -0.601. The molecule has 0 fully saturated rings. The van der Waals surface area contributed by atoms with Gasteiger partial charge in [0.05, 0.1) is 27.1 Å². The quantitative estimate of drug-likeness (QED) is 0.0853. The van der Waals surface area contributed by atoms with E-state index in [9.17, 15) is 4.79 Å². The first-order valence-corrected chi connectivity index (χ1v) is 14.2. The molecule has 0 saturated heterocycles. The molecule has 2 aromatic carbocycles. The van der Waals surface area contributed by atoms with Crippen LogP contribution >= 0.6 is 0 Å². The average Bonchev–Trinajstić information content (AvgIpc) is 2.85. The normalized spacial score (nSPS) is 12.3. The van der Waals surface area contributed by atoms with E-state index in [1.165, 1.54) is 75.3 Å². The second-order valence-electron chi connectivity index (χ2n) is 10.8. The highest BCUT2D eigenvalue weighted by molar-refractivity contribution is 5.69. The zero-order valence-electron chi connectivity index (χ0n) is 23.3. The number of benzene rings is 2. The molecular weight excluding hydrogens is 446 g/mol. The molecule has 2 rings (SSSR count). The number of carbonyl (C=O) groups is 1. The van der Waals surface area contributed by atoms with Gasteiger partial charge in [0, 0.05) is 12.5 Å². The van der Waals surface area contributed by atoms with E-state index in [1.54, 1.807) is 6.92 Å². The molecule has 0 saturated carbocycles. The van der Waals surface area contributed by atoms with Crippen LogP contribution in [0.5, 0.6) is 5.75 Å². The Labute approximate surface area is 220 Å². The van der Waals surface area contributed by atoms with Crippen LogP contribution in [0.2, 0.25) is 0 Å². The largest absolute Gasteiger partial charge is 0.455 e. The molecule has 0 spiro atoms. The molecule has 0 amide bonds. The predicted molar refractivity (Wildman–Crippen MR) is 150 cm³/mol. The molecule has 0 N–H and O–H groups in total. The summed E-state index contributed by atoms with van der Waals surface area (Å²) in [5, 5.41) is 0. The molecule has 1 unspecified atom stereocenters. The Morgan fingerprint density at radius 1 is 0.806 bits per heavy atom. The minimum Gasteiger partial charge on any atom is -0.455 e. The molecule has 200 valence electrons. The second kappa shape index (κ2) is 17.2. The van der Waals surface area contributed by atoms with Crippen molar-refractivity contribution < 1.29 is 18.8 Å². The molecule has 4 heteroatoms. The van der Waals surface area contributed by atoms with Gasteiger partial charge in [0.1, 0.15) is 12.3 Å². The monoisotopic (exact) mass is 496 g/mol. The smallest absolute Gasteiger partial charge is 0.314 e. The SMILES string of the molecule is CCCCCCCCCCCCc1ccccc1OC(C)OC(=O)CC[N+](C)(C)Cc1ccccc1. The van der Waals surface area contributed by atoms with Crippen LogP contribution in [0.4, 0.5) is 0 Å². The number of rotatable bonds is 19. The van der Waals surface area contributed by atoms with E-state index >= 15 is 0 Å². The predicted octanol–water partition coefficient (Wildman–Crippen LogP) is 8.08. The Morgan fingerprint density at radius 3 is 2.06 bits per heavy atom. The van der Waals surface area contributed by atoms with E-state index in [1.807, 2.05) is 18.2 Å². The number of hydrogen-bond acceptors (Lipinski definition) is 3. The first kappa shape index (κ1) is 29.9. The van der Waals surface area contributed by atoms with Crippen molar-refractivity contribution in [3.8, 4) is 5.75 Å². The number of hydrogen-bond donors (Lipinski definition) is 0. The van der Waals surface area contributed by atoms with Gasteiger partial charge in [0.15, 0.2) is 0 Å². The third-order valence-electron chi connectivity index (χ3n) is 6.74. The molecule has 0 aliphatic heterocycles. The average molecular weight is 497 g/mol. The first-order chi connectivity index (χ1) is 17.4.